The molecule has 1 fully saturated rings. The second-order valence-corrected chi connectivity index (χ2v) is 6.38. The van der Waals surface area contributed by atoms with Crippen molar-refractivity contribution in [3.8, 4) is 0 Å². The summed E-state index contributed by atoms with van der Waals surface area (Å²) in [5, 5.41) is 5.50. The fraction of sp³-hybridized carbons (Fsp3) is 0.444. The van der Waals surface area contributed by atoms with Crippen molar-refractivity contribution in [3.05, 3.63) is 35.0 Å². The normalized spacial score (nSPS) is 15.0. The standard InChI is InChI=1S/C18H22F3N5O/c1-11-9-15(26-4-6-27-7-5-26)12(2)8-14(11)24-17-23-10-13(18(19,20)21)16(22-3)25-17/h8-10H,4-7H2,1-3H3,(H2,22,23,24,25). The Morgan fingerprint density at radius 3 is 2.44 bits per heavy atom. The number of aromatic nitrogens is 2. The molecule has 1 aliphatic rings. The van der Waals surface area contributed by atoms with Crippen LogP contribution in [0, 0.1) is 13.8 Å². The van der Waals surface area contributed by atoms with E-state index in [-0.39, 0.29) is 11.8 Å². The van der Waals surface area contributed by atoms with Crippen molar-refractivity contribution in [2.45, 2.75) is 20.0 Å². The highest BCUT2D eigenvalue weighted by Gasteiger charge is 2.35. The van der Waals surface area contributed by atoms with E-state index < -0.39 is 11.7 Å². The lowest BCUT2D eigenvalue weighted by Gasteiger charge is -2.31. The molecule has 2 heterocycles. The summed E-state index contributed by atoms with van der Waals surface area (Å²) in [6.45, 7) is 7.01. The van der Waals surface area contributed by atoms with E-state index in [0.717, 1.165) is 41.8 Å². The van der Waals surface area contributed by atoms with Crippen molar-refractivity contribution in [1.82, 2.24) is 9.97 Å². The van der Waals surface area contributed by atoms with Gasteiger partial charge in [-0.15, -0.1) is 0 Å². The van der Waals surface area contributed by atoms with Gasteiger partial charge in [-0.3, -0.25) is 0 Å². The Balaban J connectivity index is 1.86. The minimum Gasteiger partial charge on any atom is -0.378 e. The monoisotopic (exact) mass is 381 g/mol. The predicted octanol–water partition coefficient (Wildman–Crippen LogP) is 3.73. The van der Waals surface area contributed by atoms with Crippen LogP contribution in [-0.4, -0.2) is 43.3 Å². The molecule has 1 aromatic heterocycles. The maximum atomic E-state index is 13.0. The first-order valence-corrected chi connectivity index (χ1v) is 8.62. The fourth-order valence-electron chi connectivity index (χ4n) is 3.04. The number of alkyl halides is 3. The highest BCUT2D eigenvalue weighted by Crippen LogP contribution is 2.34. The lowest BCUT2D eigenvalue weighted by Crippen LogP contribution is -2.36. The molecule has 2 aromatic rings. The molecule has 1 aromatic carbocycles. The van der Waals surface area contributed by atoms with Crippen LogP contribution in [0.4, 0.5) is 36.3 Å². The smallest absolute Gasteiger partial charge is 0.378 e. The summed E-state index contributed by atoms with van der Waals surface area (Å²) in [5.74, 6) is -0.159. The number of aryl methyl sites for hydroxylation is 2. The lowest BCUT2D eigenvalue weighted by molar-refractivity contribution is -0.137. The van der Waals surface area contributed by atoms with Gasteiger partial charge in [0.05, 0.1) is 13.2 Å². The first-order valence-electron chi connectivity index (χ1n) is 8.62. The van der Waals surface area contributed by atoms with Crippen molar-refractivity contribution in [2.75, 3.05) is 48.9 Å². The molecular formula is C18H22F3N5O. The molecule has 0 saturated carbocycles. The average Bonchev–Trinajstić information content (AvgIpc) is 2.64. The number of ether oxygens (including phenoxy) is 1. The number of hydrogen-bond acceptors (Lipinski definition) is 6. The molecule has 3 rings (SSSR count). The van der Waals surface area contributed by atoms with E-state index in [1.54, 1.807) is 0 Å². The van der Waals surface area contributed by atoms with E-state index in [1.165, 1.54) is 7.05 Å². The average molecular weight is 381 g/mol. The second-order valence-electron chi connectivity index (χ2n) is 6.38. The van der Waals surface area contributed by atoms with Crippen molar-refractivity contribution in [1.29, 1.82) is 0 Å². The van der Waals surface area contributed by atoms with E-state index >= 15 is 0 Å². The molecule has 1 saturated heterocycles. The predicted molar refractivity (Wildman–Crippen MR) is 98.8 cm³/mol. The Bertz CT molecular complexity index is 819. The number of anilines is 4. The summed E-state index contributed by atoms with van der Waals surface area (Å²) in [6, 6.07) is 4.02. The molecular weight excluding hydrogens is 359 g/mol. The summed E-state index contributed by atoms with van der Waals surface area (Å²) >= 11 is 0. The van der Waals surface area contributed by atoms with Crippen LogP contribution >= 0.6 is 0 Å². The van der Waals surface area contributed by atoms with Crippen LogP contribution in [0.5, 0.6) is 0 Å². The van der Waals surface area contributed by atoms with Crippen LogP contribution in [-0.2, 0) is 10.9 Å². The first kappa shape index (κ1) is 19.2. The third-order valence-corrected chi connectivity index (χ3v) is 4.47. The minimum atomic E-state index is -4.51. The quantitative estimate of drug-likeness (QED) is 0.842. The summed E-state index contributed by atoms with van der Waals surface area (Å²) in [5.41, 5.74) is 3.00. The highest BCUT2D eigenvalue weighted by molar-refractivity contribution is 5.68. The Morgan fingerprint density at radius 2 is 1.81 bits per heavy atom. The summed E-state index contributed by atoms with van der Waals surface area (Å²) in [4.78, 5) is 10.0. The molecule has 0 amide bonds. The molecule has 0 aliphatic carbocycles. The summed E-state index contributed by atoms with van der Waals surface area (Å²) < 4.78 is 44.3. The zero-order valence-corrected chi connectivity index (χ0v) is 15.4. The molecule has 0 unspecified atom stereocenters. The molecule has 0 radical (unpaired) electrons. The van der Waals surface area contributed by atoms with Crippen molar-refractivity contribution < 1.29 is 17.9 Å². The van der Waals surface area contributed by atoms with Crippen LogP contribution in [0.2, 0.25) is 0 Å². The van der Waals surface area contributed by atoms with E-state index in [1.807, 2.05) is 19.9 Å². The maximum Gasteiger partial charge on any atom is 0.421 e. The van der Waals surface area contributed by atoms with Gasteiger partial charge in [-0.25, -0.2) is 4.98 Å². The third-order valence-electron chi connectivity index (χ3n) is 4.47. The van der Waals surface area contributed by atoms with E-state index in [9.17, 15) is 13.2 Å². The van der Waals surface area contributed by atoms with Gasteiger partial charge in [0, 0.05) is 37.7 Å². The van der Waals surface area contributed by atoms with Gasteiger partial charge in [-0.05, 0) is 37.1 Å². The van der Waals surface area contributed by atoms with Gasteiger partial charge in [0.15, 0.2) is 0 Å². The Morgan fingerprint density at radius 1 is 1.11 bits per heavy atom. The zero-order valence-electron chi connectivity index (χ0n) is 15.4. The van der Waals surface area contributed by atoms with Gasteiger partial charge in [0.1, 0.15) is 11.4 Å². The van der Waals surface area contributed by atoms with Gasteiger partial charge in [-0.1, -0.05) is 0 Å². The topological polar surface area (TPSA) is 62.3 Å². The van der Waals surface area contributed by atoms with Gasteiger partial charge in [0.25, 0.3) is 0 Å². The van der Waals surface area contributed by atoms with Gasteiger partial charge < -0.3 is 20.3 Å². The number of nitrogens with one attached hydrogen (secondary N) is 2. The fourth-order valence-corrected chi connectivity index (χ4v) is 3.04. The first-order chi connectivity index (χ1) is 12.8. The van der Waals surface area contributed by atoms with Crippen molar-refractivity contribution in [3.63, 3.8) is 0 Å². The van der Waals surface area contributed by atoms with Crippen LogP contribution in [0.25, 0.3) is 0 Å². The maximum absolute atomic E-state index is 13.0. The number of benzene rings is 1. The Hall–Kier alpha value is -2.55. The van der Waals surface area contributed by atoms with Crippen LogP contribution < -0.4 is 15.5 Å². The van der Waals surface area contributed by atoms with Gasteiger partial charge in [0.2, 0.25) is 5.95 Å². The second kappa shape index (κ2) is 7.59. The Labute approximate surface area is 155 Å². The summed E-state index contributed by atoms with van der Waals surface area (Å²) in [6.07, 6.45) is -3.73. The number of hydrogen-bond donors (Lipinski definition) is 2. The number of halogens is 3. The molecule has 0 bridgehead atoms. The zero-order chi connectivity index (χ0) is 19.6. The molecule has 2 N–H and O–H groups in total. The molecule has 9 heteroatoms. The molecule has 0 spiro atoms. The van der Waals surface area contributed by atoms with E-state index in [0.29, 0.717) is 13.2 Å². The minimum absolute atomic E-state index is 0.106. The van der Waals surface area contributed by atoms with Crippen LogP contribution in [0.3, 0.4) is 0 Å². The van der Waals surface area contributed by atoms with E-state index in [4.69, 9.17) is 4.74 Å². The molecule has 27 heavy (non-hydrogen) atoms. The number of rotatable bonds is 4. The lowest BCUT2D eigenvalue weighted by atomic mass is 10.1. The van der Waals surface area contributed by atoms with Crippen LogP contribution in [0.1, 0.15) is 16.7 Å². The number of morpholine rings is 1. The van der Waals surface area contributed by atoms with E-state index in [2.05, 4.69) is 31.6 Å². The van der Waals surface area contributed by atoms with Crippen molar-refractivity contribution in [2.24, 2.45) is 0 Å². The van der Waals surface area contributed by atoms with Crippen molar-refractivity contribution >= 4 is 23.1 Å². The SMILES string of the molecule is CNc1nc(Nc2cc(C)c(N3CCOCC3)cc2C)ncc1C(F)(F)F. The molecule has 0 atom stereocenters. The third kappa shape index (κ3) is 4.24. The summed E-state index contributed by atoms with van der Waals surface area (Å²) in [7, 11) is 1.40. The van der Waals surface area contributed by atoms with Gasteiger partial charge in [-0.2, -0.15) is 18.2 Å². The number of nitrogens with zero attached hydrogens (tertiary/aromatic N) is 3. The largest absolute Gasteiger partial charge is 0.421 e. The molecule has 1 aliphatic heterocycles. The Kier molecular flexibility index (Phi) is 5.41. The molecule has 6 nitrogen and oxygen atoms in total. The highest BCUT2D eigenvalue weighted by atomic mass is 19.4. The van der Waals surface area contributed by atoms with Crippen LogP contribution in [0.15, 0.2) is 18.3 Å². The van der Waals surface area contributed by atoms with Gasteiger partial charge >= 0.3 is 6.18 Å². The molecule has 146 valence electrons.